The van der Waals surface area contributed by atoms with Crippen LogP contribution in [0.5, 0.6) is 46.0 Å². The summed E-state index contributed by atoms with van der Waals surface area (Å²) in [6.45, 7) is 0. The number of rotatable bonds is 13. The molecule has 0 heterocycles. The van der Waals surface area contributed by atoms with Gasteiger partial charge >= 0.3 is 0 Å². The first-order valence-electron chi connectivity index (χ1n) is 13.1. The van der Waals surface area contributed by atoms with E-state index < -0.39 is 0 Å². The van der Waals surface area contributed by atoms with Crippen LogP contribution in [-0.2, 0) is 25.7 Å². The molecule has 210 valence electrons. The summed E-state index contributed by atoms with van der Waals surface area (Å²) in [4.78, 5) is 0. The molecule has 0 unspecified atom stereocenters. The molecule has 0 atom stereocenters. The van der Waals surface area contributed by atoms with Gasteiger partial charge in [-0.25, -0.2) is 0 Å². The van der Waals surface area contributed by atoms with Gasteiger partial charge in [0.1, 0.15) is 11.5 Å². The lowest BCUT2D eigenvalue weighted by molar-refractivity contribution is 0.350. The number of hydrogen-bond donors (Lipinski definition) is 1. The summed E-state index contributed by atoms with van der Waals surface area (Å²) >= 11 is 0. The average Bonchev–Trinajstić information content (AvgIpc) is 2.99. The number of phenolic OH excluding ortho intramolecular Hbond substituents is 1. The minimum Gasteiger partial charge on any atom is -0.504 e. The lowest BCUT2D eigenvalue weighted by Crippen LogP contribution is -2.00. The van der Waals surface area contributed by atoms with Gasteiger partial charge in [0.05, 0.1) is 35.5 Å². The van der Waals surface area contributed by atoms with Gasteiger partial charge in [-0.3, -0.25) is 0 Å². The molecule has 1 N–H and O–H groups in total. The standard InChI is InChI=1S/C33H36O7/c1-35-26-8-6-7-22(17-26)11-14-25-20-33(31(39-5)21-30(25)38-4)40-32-19-24(13-16-29(32)37-3)10-9-23-12-15-28(36-2)27(34)18-23/h6-8,12-13,15-21,34H,9-11,14H2,1-5H3. The fraction of sp³-hybridized carbons (Fsp3) is 0.273. The Kier molecular flexibility index (Phi) is 9.62. The third-order valence-corrected chi connectivity index (χ3v) is 6.78. The minimum absolute atomic E-state index is 0.132. The van der Waals surface area contributed by atoms with Gasteiger partial charge in [-0.2, -0.15) is 0 Å². The molecule has 0 aromatic heterocycles. The maximum absolute atomic E-state index is 10.1. The van der Waals surface area contributed by atoms with Crippen LogP contribution in [0.2, 0.25) is 0 Å². The number of phenols is 1. The summed E-state index contributed by atoms with van der Waals surface area (Å²) in [5.74, 6) is 4.48. The molecule has 4 aromatic carbocycles. The number of benzene rings is 4. The van der Waals surface area contributed by atoms with Gasteiger partial charge in [0.2, 0.25) is 0 Å². The molecule has 0 fully saturated rings. The molecule has 40 heavy (non-hydrogen) atoms. The summed E-state index contributed by atoms with van der Waals surface area (Å²) in [5, 5.41) is 10.1. The average molecular weight is 545 g/mol. The summed E-state index contributed by atoms with van der Waals surface area (Å²) < 4.78 is 33.9. The number of ether oxygens (including phenoxy) is 6. The van der Waals surface area contributed by atoms with Crippen molar-refractivity contribution in [2.45, 2.75) is 25.7 Å². The van der Waals surface area contributed by atoms with E-state index in [4.69, 9.17) is 28.4 Å². The van der Waals surface area contributed by atoms with Crippen LogP contribution in [0.25, 0.3) is 0 Å². The zero-order valence-corrected chi connectivity index (χ0v) is 23.7. The van der Waals surface area contributed by atoms with Crippen molar-refractivity contribution in [3.8, 4) is 46.0 Å². The highest BCUT2D eigenvalue weighted by Crippen LogP contribution is 2.41. The Bertz CT molecular complexity index is 1430. The number of aryl methyl sites for hydroxylation is 4. The van der Waals surface area contributed by atoms with E-state index in [1.165, 1.54) is 12.7 Å². The topological polar surface area (TPSA) is 75.6 Å². The highest BCUT2D eigenvalue weighted by Gasteiger charge is 2.16. The Morgan fingerprint density at radius 1 is 0.475 bits per heavy atom. The maximum atomic E-state index is 10.1. The maximum Gasteiger partial charge on any atom is 0.170 e. The molecule has 4 aromatic rings. The molecular weight excluding hydrogens is 508 g/mol. The van der Waals surface area contributed by atoms with E-state index in [0.717, 1.165) is 53.9 Å². The second kappa shape index (κ2) is 13.5. The lowest BCUT2D eigenvalue weighted by atomic mass is 10.0. The van der Waals surface area contributed by atoms with E-state index in [-0.39, 0.29) is 5.75 Å². The summed E-state index contributed by atoms with van der Waals surface area (Å²) in [6.07, 6.45) is 3.03. The predicted molar refractivity (Wildman–Crippen MR) is 155 cm³/mol. The van der Waals surface area contributed by atoms with Crippen molar-refractivity contribution in [3.05, 3.63) is 95.1 Å². The smallest absolute Gasteiger partial charge is 0.170 e. The monoisotopic (exact) mass is 544 g/mol. The molecule has 0 saturated carbocycles. The van der Waals surface area contributed by atoms with Gasteiger partial charge in [-0.1, -0.05) is 24.3 Å². The van der Waals surface area contributed by atoms with Crippen LogP contribution in [0.4, 0.5) is 0 Å². The SMILES string of the molecule is COc1cccc(CCc2cc(Oc3cc(CCc4ccc(OC)c(O)c4)ccc3OC)c(OC)cc2OC)c1. The quantitative estimate of drug-likeness (QED) is 0.198. The first-order valence-corrected chi connectivity index (χ1v) is 13.1. The Morgan fingerprint density at radius 3 is 1.73 bits per heavy atom. The number of hydrogen-bond acceptors (Lipinski definition) is 7. The van der Waals surface area contributed by atoms with Crippen LogP contribution in [0.3, 0.4) is 0 Å². The van der Waals surface area contributed by atoms with Gasteiger partial charge in [-0.15, -0.1) is 0 Å². The van der Waals surface area contributed by atoms with Gasteiger partial charge < -0.3 is 33.5 Å². The minimum atomic E-state index is 0.132. The van der Waals surface area contributed by atoms with Crippen molar-refractivity contribution in [3.63, 3.8) is 0 Å². The third kappa shape index (κ3) is 6.91. The molecule has 0 spiro atoms. The van der Waals surface area contributed by atoms with Gasteiger partial charge in [0, 0.05) is 6.07 Å². The molecule has 0 bridgehead atoms. The van der Waals surface area contributed by atoms with E-state index in [9.17, 15) is 5.11 Å². The van der Waals surface area contributed by atoms with E-state index >= 15 is 0 Å². The lowest BCUT2D eigenvalue weighted by Gasteiger charge is -2.17. The van der Waals surface area contributed by atoms with Crippen LogP contribution >= 0.6 is 0 Å². The van der Waals surface area contributed by atoms with Crippen molar-refractivity contribution >= 4 is 0 Å². The van der Waals surface area contributed by atoms with Gasteiger partial charge in [0.15, 0.2) is 34.5 Å². The predicted octanol–water partition coefficient (Wildman–Crippen LogP) is 6.80. The molecular formula is C33H36O7. The Hall–Kier alpha value is -4.52. The molecule has 0 saturated heterocycles. The van der Waals surface area contributed by atoms with Crippen LogP contribution < -0.4 is 28.4 Å². The van der Waals surface area contributed by atoms with Crippen LogP contribution in [-0.4, -0.2) is 40.7 Å². The first-order chi connectivity index (χ1) is 19.5. The second-order valence-corrected chi connectivity index (χ2v) is 9.26. The summed E-state index contributed by atoms with van der Waals surface area (Å²) in [7, 11) is 8.08. The molecule has 0 amide bonds. The highest BCUT2D eigenvalue weighted by molar-refractivity contribution is 5.54. The Labute approximate surface area is 235 Å². The molecule has 0 aliphatic carbocycles. The fourth-order valence-corrected chi connectivity index (χ4v) is 4.57. The van der Waals surface area contributed by atoms with Crippen molar-refractivity contribution in [1.82, 2.24) is 0 Å². The van der Waals surface area contributed by atoms with E-state index in [1.54, 1.807) is 40.6 Å². The van der Waals surface area contributed by atoms with E-state index in [0.29, 0.717) is 28.7 Å². The third-order valence-electron chi connectivity index (χ3n) is 6.78. The van der Waals surface area contributed by atoms with Gasteiger partial charge in [0.25, 0.3) is 0 Å². The normalized spacial score (nSPS) is 10.6. The highest BCUT2D eigenvalue weighted by atomic mass is 16.5. The molecule has 0 aliphatic rings. The molecule has 7 nitrogen and oxygen atoms in total. The fourth-order valence-electron chi connectivity index (χ4n) is 4.57. The molecule has 4 rings (SSSR count). The number of methoxy groups -OCH3 is 5. The van der Waals surface area contributed by atoms with E-state index in [2.05, 4.69) is 6.07 Å². The first kappa shape index (κ1) is 28.5. The van der Waals surface area contributed by atoms with Gasteiger partial charge in [-0.05, 0) is 90.4 Å². The zero-order chi connectivity index (χ0) is 28.5. The van der Waals surface area contributed by atoms with Crippen LogP contribution in [0.15, 0.2) is 72.8 Å². The summed E-state index contributed by atoms with van der Waals surface area (Å²) in [6, 6.07) is 23.2. The second-order valence-electron chi connectivity index (χ2n) is 9.26. The zero-order valence-electron chi connectivity index (χ0n) is 23.7. The Morgan fingerprint density at radius 2 is 1.07 bits per heavy atom. The summed E-state index contributed by atoms with van der Waals surface area (Å²) in [5.41, 5.74) is 4.24. The number of aromatic hydroxyl groups is 1. The van der Waals surface area contributed by atoms with E-state index in [1.807, 2.05) is 54.6 Å². The van der Waals surface area contributed by atoms with Crippen molar-refractivity contribution < 1.29 is 33.5 Å². The van der Waals surface area contributed by atoms with Crippen LogP contribution in [0.1, 0.15) is 22.3 Å². The molecule has 0 aliphatic heterocycles. The Balaban J connectivity index is 1.56. The van der Waals surface area contributed by atoms with Crippen molar-refractivity contribution in [2.75, 3.05) is 35.5 Å². The van der Waals surface area contributed by atoms with Crippen LogP contribution in [0, 0.1) is 0 Å². The molecule has 0 radical (unpaired) electrons. The van der Waals surface area contributed by atoms with Crippen molar-refractivity contribution in [2.24, 2.45) is 0 Å². The molecule has 7 heteroatoms. The largest absolute Gasteiger partial charge is 0.504 e. The van der Waals surface area contributed by atoms with Crippen molar-refractivity contribution in [1.29, 1.82) is 0 Å².